The Labute approximate surface area is 108 Å². The second-order valence-electron chi connectivity index (χ2n) is 4.40. The molecule has 0 unspecified atom stereocenters. The summed E-state index contributed by atoms with van der Waals surface area (Å²) >= 11 is 5.87. The van der Waals surface area contributed by atoms with Crippen LogP contribution in [0, 0.1) is 6.92 Å². The number of rotatable bonds is 5. The first-order valence-corrected chi connectivity index (χ1v) is 6.12. The Bertz CT molecular complexity index is 391. The standard InChI is InChI=1S/C13H19ClN2O/c1-9(2)16-13(17)8-15-7-11-4-5-12(14)6-10(11)3/h4-6,9,15H,7-8H2,1-3H3,(H,16,17). The fraction of sp³-hybridized carbons (Fsp3) is 0.462. The Hall–Kier alpha value is -1.06. The normalized spacial score (nSPS) is 10.6. The summed E-state index contributed by atoms with van der Waals surface area (Å²) in [5.41, 5.74) is 2.29. The summed E-state index contributed by atoms with van der Waals surface area (Å²) in [5.74, 6) is 0.0200. The average molecular weight is 255 g/mol. The van der Waals surface area contributed by atoms with Crippen LogP contribution in [0.2, 0.25) is 5.02 Å². The van der Waals surface area contributed by atoms with Crippen molar-refractivity contribution in [3.05, 3.63) is 34.3 Å². The average Bonchev–Trinajstić information content (AvgIpc) is 2.20. The zero-order chi connectivity index (χ0) is 12.8. The summed E-state index contributed by atoms with van der Waals surface area (Å²) in [6.07, 6.45) is 0. The Morgan fingerprint density at radius 2 is 2.12 bits per heavy atom. The van der Waals surface area contributed by atoms with E-state index < -0.39 is 0 Å². The maximum Gasteiger partial charge on any atom is 0.234 e. The van der Waals surface area contributed by atoms with Gasteiger partial charge in [-0.25, -0.2) is 0 Å². The molecule has 0 aliphatic rings. The number of aryl methyl sites for hydroxylation is 1. The molecule has 0 radical (unpaired) electrons. The highest BCUT2D eigenvalue weighted by molar-refractivity contribution is 6.30. The van der Waals surface area contributed by atoms with Gasteiger partial charge in [0.15, 0.2) is 0 Å². The molecule has 0 aromatic heterocycles. The number of amides is 1. The molecule has 0 atom stereocenters. The van der Waals surface area contributed by atoms with E-state index in [4.69, 9.17) is 11.6 Å². The Kier molecular flexibility index (Phi) is 5.45. The van der Waals surface area contributed by atoms with Crippen molar-refractivity contribution >= 4 is 17.5 Å². The van der Waals surface area contributed by atoms with E-state index in [1.54, 1.807) is 0 Å². The maximum absolute atomic E-state index is 11.4. The minimum atomic E-state index is 0.0200. The predicted octanol–water partition coefficient (Wildman–Crippen LogP) is 2.26. The second-order valence-corrected chi connectivity index (χ2v) is 4.83. The van der Waals surface area contributed by atoms with E-state index in [1.165, 1.54) is 0 Å². The quantitative estimate of drug-likeness (QED) is 0.846. The molecule has 0 saturated heterocycles. The van der Waals surface area contributed by atoms with Gasteiger partial charge < -0.3 is 10.6 Å². The molecule has 1 amide bonds. The Morgan fingerprint density at radius 3 is 2.71 bits per heavy atom. The predicted molar refractivity (Wildman–Crippen MR) is 71.2 cm³/mol. The fourth-order valence-corrected chi connectivity index (χ4v) is 1.77. The van der Waals surface area contributed by atoms with Gasteiger partial charge in [-0.15, -0.1) is 0 Å². The minimum absolute atomic E-state index is 0.0200. The molecule has 2 N–H and O–H groups in total. The first-order chi connectivity index (χ1) is 7.99. The minimum Gasteiger partial charge on any atom is -0.353 e. The smallest absolute Gasteiger partial charge is 0.234 e. The molecule has 0 fully saturated rings. The molecule has 0 saturated carbocycles. The van der Waals surface area contributed by atoms with Crippen LogP contribution in [0.3, 0.4) is 0 Å². The van der Waals surface area contributed by atoms with E-state index in [-0.39, 0.29) is 11.9 Å². The third-order valence-electron chi connectivity index (χ3n) is 2.36. The van der Waals surface area contributed by atoms with Crippen LogP contribution in [0.5, 0.6) is 0 Å². The number of nitrogens with one attached hydrogen (secondary N) is 2. The molecule has 0 aliphatic heterocycles. The number of hydrogen-bond acceptors (Lipinski definition) is 2. The van der Waals surface area contributed by atoms with Gasteiger partial charge in [0.25, 0.3) is 0 Å². The molecule has 0 spiro atoms. The van der Waals surface area contributed by atoms with Crippen LogP contribution in [-0.2, 0) is 11.3 Å². The second kappa shape index (κ2) is 6.62. The van der Waals surface area contributed by atoms with Crippen molar-refractivity contribution in [2.24, 2.45) is 0 Å². The molecular weight excluding hydrogens is 236 g/mol. The van der Waals surface area contributed by atoms with Gasteiger partial charge in [0.05, 0.1) is 6.54 Å². The first-order valence-electron chi connectivity index (χ1n) is 5.74. The van der Waals surface area contributed by atoms with Crippen molar-refractivity contribution in [2.45, 2.75) is 33.4 Å². The molecular formula is C13H19ClN2O. The lowest BCUT2D eigenvalue weighted by molar-refractivity contribution is -0.120. The first kappa shape index (κ1) is 14.0. The molecule has 3 nitrogen and oxygen atoms in total. The molecule has 0 heterocycles. The van der Waals surface area contributed by atoms with Gasteiger partial charge in [-0.1, -0.05) is 17.7 Å². The van der Waals surface area contributed by atoms with Gasteiger partial charge in [0.2, 0.25) is 5.91 Å². The van der Waals surface area contributed by atoms with Crippen LogP contribution in [0.4, 0.5) is 0 Å². The van der Waals surface area contributed by atoms with E-state index in [0.717, 1.165) is 16.1 Å². The lowest BCUT2D eigenvalue weighted by atomic mass is 10.1. The van der Waals surface area contributed by atoms with Crippen molar-refractivity contribution in [1.29, 1.82) is 0 Å². The summed E-state index contributed by atoms with van der Waals surface area (Å²) in [5, 5.41) is 6.68. The highest BCUT2D eigenvalue weighted by atomic mass is 35.5. The summed E-state index contributed by atoms with van der Waals surface area (Å²) in [7, 11) is 0. The van der Waals surface area contributed by atoms with Gasteiger partial charge in [0.1, 0.15) is 0 Å². The zero-order valence-corrected chi connectivity index (χ0v) is 11.3. The largest absolute Gasteiger partial charge is 0.353 e. The van der Waals surface area contributed by atoms with Crippen LogP contribution < -0.4 is 10.6 Å². The lowest BCUT2D eigenvalue weighted by Gasteiger charge is -2.10. The van der Waals surface area contributed by atoms with Crippen molar-refractivity contribution in [3.63, 3.8) is 0 Å². The molecule has 4 heteroatoms. The molecule has 94 valence electrons. The highest BCUT2D eigenvalue weighted by Gasteiger charge is 2.03. The molecule has 1 aromatic rings. The maximum atomic E-state index is 11.4. The number of hydrogen-bond donors (Lipinski definition) is 2. The summed E-state index contributed by atoms with van der Waals surface area (Å²) in [6.45, 7) is 6.91. The number of carbonyl (C=O) groups is 1. The highest BCUT2D eigenvalue weighted by Crippen LogP contribution is 2.14. The Balaban J connectivity index is 2.38. The number of halogens is 1. The summed E-state index contributed by atoms with van der Waals surface area (Å²) in [6, 6.07) is 5.94. The topological polar surface area (TPSA) is 41.1 Å². The van der Waals surface area contributed by atoms with Crippen LogP contribution >= 0.6 is 11.6 Å². The van der Waals surface area contributed by atoms with E-state index in [1.807, 2.05) is 39.0 Å². The van der Waals surface area contributed by atoms with Crippen molar-refractivity contribution in [2.75, 3.05) is 6.54 Å². The SMILES string of the molecule is Cc1cc(Cl)ccc1CNCC(=O)NC(C)C. The van der Waals surface area contributed by atoms with Crippen molar-refractivity contribution < 1.29 is 4.79 Å². The molecule has 17 heavy (non-hydrogen) atoms. The number of benzene rings is 1. The lowest BCUT2D eigenvalue weighted by Crippen LogP contribution is -2.37. The van der Waals surface area contributed by atoms with Crippen LogP contribution in [0.15, 0.2) is 18.2 Å². The van der Waals surface area contributed by atoms with E-state index >= 15 is 0 Å². The molecule has 1 aromatic carbocycles. The van der Waals surface area contributed by atoms with Gasteiger partial charge in [-0.05, 0) is 44.0 Å². The van der Waals surface area contributed by atoms with Crippen LogP contribution in [-0.4, -0.2) is 18.5 Å². The van der Waals surface area contributed by atoms with Crippen LogP contribution in [0.25, 0.3) is 0 Å². The van der Waals surface area contributed by atoms with Gasteiger partial charge in [-0.3, -0.25) is 4.79 Å². The van der Waals surface area contributed by atoms with Gasteiger partial charge in [-0.2, -0.15) is 0 Å². The third kappa shape index (κ3) is 5.20. The monoisotopic (exact) mass is 254 g/mol. The Morgan fingerprint density at radius 1 is 1.41 bits per heavy atom. The van der Waals surface area contributed by atoms with Crippen LogP contribution in [0.1, 0.15) is 25.0 Å². The molecule has 1 rings (SSSR count). The van der Waals surface area contributed by atoms with E-state index in [0.29, 0.717) is 13.1 Å². The third-order valence-corrected chi connectivity index (χ3v) is 2.59. The van der Waals surface area contributed by atoms with Gasteiger partial charge >= 0.3 is 0 Å². The fourth-order valence-electron chi connectivity index (χ4n) is 1.54. The van der Waals surface area contributed by atoms with Crippen molar-refractivity contribution in [1.82, 2.24) is 10.6 Å². The molecule has 0 bridgehead atoms. The van der Waals surface area contributed by atoms with E-state index in [9.17, 15) is 4.79 Å². The summed E-state index contributed by atoms with van der Waals surface area (Å²) < 4.78 is 0. The molecule has 0 aliphatic carbocycles. The zero-order valence-electron chi connectivity index (χ0n) is 10.5. The van der Waals surface area contributed by atoms with Crippen molar-refractivity contribution in [3.8, 4) is 0 Å². The number of carbonyl (C=O) groups excluding carboxylic acids is 1. The van der Waals surface area contributed by atoms with E-state index in [2.05, 4.69) is 10.6 Å². The van der Waals surface area contributed by atoms with Gasteiger partial charge in [0, 0.05) is 17.6 Å². The summed E-state index contributed by atoms with van der Waals surface area (Å²) in [4.78, 5) is 11.4.